The number of fused-ring (bicyclic) bond motifs is 1. The zero-order chi connectivity index (χ0) is 20.7. The fraction of sp³-hybridized carbons (Fsp3) is 0.0400. The Balaban J connectivity index is 1.70. The summed E-state index contributed by atoms with van der Waals surface area (Å²) in [5, 5.41) is 2.28. The summed E-state index contributed by atoms with van der Waals surface area (Å²) in [6.45, 7) is 0. The third-order valence-corrected chi connectivity index (χ3v) is 5.39. The first-order valence-electron chi connectivity index (χ1n) is 9.70. The molecule has 5 heteroatoms. The van der Waals surface area contributed by atoms with E-state index in [0.29, 0.717) is 5.69 Å². The molecular weight excluding hydrogens is 374 g/mol. The smallest absolute Gasteiger partial charge is 0.282 e. The first-order valence-corrected chi connectivity index (χ1v) is 9.70. The lowest BCUT2D eigenvalue weighted by Gasteiger charge is -2.13. The van der Waals surface area contributed by atoms with Crippen LogP contribution in [0.4, 0.5) is 5.69 Å². The third kappa shape index (κ3) is 2.79. The minimum Gasteiger partial charge on any atom is -0.343 e. The van der Waals surface area contributed by atoms with Crippen LogP contribution in [0.1, 0.15) is 5.56 Å². The molecule has 5 rings (SSSR count). The van der Waals surface area contributed by atoms with Gasteiger partial charge < -0.3 is 4.57 Å². The van der Waals surface area contributed by atoms with Crippen LogP contribution >= 0.6 is 0 Å². The van der Waals surface area contributed by atoms with E-state index in [4.69, 9.17) is 0 Å². The molecule has 30 heavy (non-hydrogen) atoms. The number of rotatable bonds is 3. The Kier molecular flexibility index (Phi) is 4.21. The highest BCUT2D eigenvalue weighted by Crippen LogP contribution is 2.35. The number of nitrogens with one attached hydrogen (secondary N) is 1. The molecule has 1 fully saturated rings. The molecule has 1 aliphatic rings. The lowest BCUT2D eigenvalue weighted by Crippen LogP contribution is -2.35. The molecule has 1 aromatic heterocycles. The molecule has 1 aliphatic heterocycles. The standard InChI is InChI=1S/C25H19N3O2/c1-27-22-15-9-8-14-19(22)20(23(27)17-10-4-2-5-11-17)16-21-24(29)26-28(25(21)30)18-12-6-3-7-13-18/h2-16H,1H3,(H,26,29)/b21-16-. The van der Waals surface area contributed by atoms with Gasteiger partial charge in [-0.05, 0) is 29.8 Å². The lowest BCUT2D eigenvalue weighted by atomic mass is 10.0. The van der Waals surface area contributed by atoms with Crippen molar-refractivity contribution in [3.05, 3.63) is 96.1 Å². The number of amides is 2. The minimum atomic E-state index is -0.407. The lowest BCUT2D eigenvalue weighted by molar-refractivity contribution is -0.117. The van der Waals surface area contributed by atoms with Gasteiger partial charge in [-0.25, -0.2) is 5.01 Å². The van der Waals surface area contributed by atoms with E-state index >= 15 is 0 Å². The highest BCUT2D eigenvalue weighted by atomic mass is 16.2. The van der Waals surface area contributed by atoms with Crippen molar-refractivity contribution in [1.29, 1.82) is 0 Å². The van der Waals surface area contributed by atoms with Crippen molar-refractivity contribution in [1.82, 2.24) is 9.99 Å². The fourth-order valence-electron chi connectivity index (χ4n) is 3.97. The molecule has 0 spiro atoms. The van der Waals surface area contributed by atoms with Crippen LogP contribution in [0.5, 0.6) is 0 Å². The molecule has 146 valence electrons. The molecule has 4 aromatic rings. The van der Waals surface area contributed by atoms with E-state index in [1.807, 2.05) is 79.8 Å². The van der Waals surface area contributed by atoms with Crippen LogP contribution in [0.25, 0.3) is 28.2 Å². The van der Waals surface area contributed by atoms with Gasteiger partial charge >= 0.3 is 0 Å². The van der Waals surface area contributed by atoms with Crippen LogP contribution in [-0.4, -0.2) is 16.4 Å². The molecule has 1 saturated heterocycles. The van der Waals surface area contributed by atoms with E-state index in [9.17, 15) is 9.59 Å². The summed E-state index contributed by atoms with van der Waals surface area (Å²) in [6, 6.07) is 27.1. The number of aryl methyl sites for hydroxylation is 1. The Hall–Kier alpha value is -4.12. The van der Waals surface area contributed by atoms with E-state index in [-0.39, 0.29) is 11.5 Å². The summed E-state index contributed by atoms with van der Waals surface area (Å²) < 4.78 is 2.10. The number of benzene rings is 3. The first kappa shape index (κ1) is 17.9. The number of hydrazine groups is 1. The maximum Gasteiger partial charge on any atom is 0.282 e. The summed E-state index contributed by atoms with van der Waals surface area (Å²) in [5.74, 6) is -0.769. The van der Waals surface area contributed by atoms with Gasteiger partial charge in [-0.3, -0.25) is 15.0 Å². The maximum atomic E-state index is 13.1. The molecular formula is C25H19N3O2. The first-order chi connectivity index (χ1) is 14.6. The summed E-state index contributed by atoms with van der Waals surface area (Å²) in [4.78, 5) is 25.8. The van der Waals surface area contributed by atoms with Crippen molar-refractivity contribution in [3.63, 3.8) is 0 Å². The molecule has 2 heterocycles. The quantitative estimate of drug-likeness (QED) is 0.417. The SMILES string of the molecule is Cn1c(-c2ccccc2)c(/C=C2/C(=O)NN(c3ccccc3)C2=O)c2ccccc21. The second-order valence-electron chi connectivity index (χ2n) is 7.18. The van der Waals surface area contributed by atoms with Gasteiger partial charge in [0.05, 0.1) is 11.4 Å². The van der Waals surface area contributed by atoms with E-state index in [0.717, 1.165) is 27.7 Å². The second kappa shape index (κ2) is 7.04. The average Bonchev–Trinajstić information content (AvgIpc) is 3.23. The highest BCUT2D eigenvalue weighted by molar-refractivity contribution is 6.32. The molecule has 2 amide bonds. The van der Waals surface area contributed by atoms with E-state index in [2.05, 4.69) is 9.99 Å². The van der Waals surface area contributed by atoms with Crippen molar-refractivity contribution in [2.24, 2.45) is 7.05 Å². The number of carbonyl (C=O) groups is 2. The molecule has 0 bridgehead atoms. The van der Waals surface area contributed by atoms with Gasteiger partial charge in [-0.2, -0.15) is 0 Å². The molecule has 0 aliphatic carbocycles. The number of aromatic nitrogens is 1. The van der Waals surface area contributed by atoms with E-state index in [1.165, 1.54) is 5.01 Å². The minimum absolute atomic E-state index is 0.118. The molecule has 0 saturated carbocycles. The van der Waals surface area contributed by atoms with Gasteiger partial charge in [-0.1, -0.05) is 66.7 Å². The summed E-state index contributed by atoms with van der Waals surface area (Å²) in [7, 11) is 2.00. The van der Waals surface area contributed by atoms with Gasteiger partial charge in [0.2, 0.25) is 0 Å². The van der Waals surface area contributed by atoms with Gasteiger partial charge in [-0.15, -0.1) is 0 Å². The molecule has 5 nitrogen and oxygen atoms in total. The van der Waals surface area contributed by atoms with Crippen LogP contribution in [0.3, 0.4) is 0 Å². The predicted octanol–water partition coefficient (Wildman–Crippen LogP) is 4.31. The van der Waals surface area contributed by atoms with Crippen molar-refractivity contribution in [2.45, 2.75) is 0 Å². The molecule has 0 radical (unpaired) electrons. The van der Waals surface area contributed by atoms with Crippen molar-refractivity contribution in [2.75, 3.05) is 5.01 Å². The largest absolute Gasteiger partial charge is 0.343 e. The van der Waals surface area contributed by atoms with Crippen molar-refractivity contribution < 1.29 is 9.59 Å². The third-order valence-electron chi connectivity index (χ3n) is 5.39. The van der Waals surface area contributed by atoms with E-state index < -0.39 is 5.91 Å². The number of nitrogens with zero attached hydrogens (tertiary/aromatic N) is 2. The highest BCUT2D eigenvalue weighted by Gasteiger charge is 2.35. The Morgan fingerprint density at radius 2 is 1.43 bits per heavy atom. The van der Waals surface area contributed by atoms with Crippen LogP contribution in [0.15, 0.2) is 90.5 Å². The fourth-order valence-corrected chi connectivity index (χ4v) is 3.97. The summed E-state index contributed by atoms with van der Waals surface area (Å²) in [6.07, 6.45) is 1.71. The second-order valence-corrected chi connectivity index (χ2v) is 7.18. The van der Waals surface area contributed by atoms with Crippen LogP contribution in [-0.2, 0) is 16.6 Å². The Morgan fingerprint density at radius 3 is 2.17 bits per heavy atom. The Bertz CT molecular complexity index is 1300. The number of carbonyl (C=O) groups excluding carboxylic acids is 2. The van der Waals surface area contributed by atoms with E-state index in [1.54, 1.807) is 18.2 Å². The van der Waals surface area contributed by atoms with Crippen molar-refractivity contribution >= 4 is 34.5 Å². The Morgan fingerprint density at radius 1 is 0.800 bits per heavy atom. The van der Waals surface area contributed by atoms with Crippen LogP contribution in [0, 0.1) is 0 Å². The number of para-hydroxylation sites is 2. The number of anilines is 1. The van der Waals surface area contributed by atoms with Crippen LogP contribution < -0.4 is 10.4 Å². The summed E-state index contributed by atoms with van der Waals surface area (Å²) >= 11 is 0. The molecule has 3 aromatic carbocycles. The molecule has 0 unspecified atom stereocenters. The van der Waals surface area contributed by atoms with Gasteiger partial charge in [0.1, 0.15) is 5.57 Å². The molecule has 1 N–H and O–H groups in total. The predicted molar refractivity (Wildman–Crippen MR) is 118 cm³/mol. The zero-order valence-electron chi connectivity index (χ0n) is 16.4. The average molecular weight is 393 g/mol. The van der Waals surface area contributed by atoms with Crippen molar-refractivity contribution in [3.8, 4) is 11.3 Å². The summed E-state index contributed by atoms with van der Waals surface area (Å²) in [5.41, 5.74) is 7.29. The monoisotopic (exact) mass is 393 g/mol. The maximum absolute atomic E-state index is 13.1. The number of hydrogen-bond acceptors (Lipinski definition) is 2. The zero-order valence-corrected chi connectivity index (χ0v) is 16.4. The number of hydrogen-bond donors (Lipinski definition) is 1. The van der Waals surface area contributed by atoms with Crippen LogP contribution in [0.2, 0.25) is 0 Å². The Labute approximate surface area is 173 Å². The van der Waals surface area contributed by atoms with Gasteiger partial charge in [0, 0.05) is 23.5 Å². The van der Waals surface area contributed by atoms with Gasteiger partial charge in [0.15, 0.2) is 0 Å². The molecule has 0 atom stereocenters. The van der Waals surface area contributed by atoms with Gasteiger partial charge in [0.25, 0.3) is 11.8 Å². The normalized spacial score (nSPS) is 15.2. The topological polar surface area (TPSA) is 54.3 Å².